The van der Waals surface area contributed by atoms with Crippen molar-refractivity contribution in [2.45, 2.75) is 57.0 Å². The van der Waals surface area contributed by atoms with Crippen LogP contribution in [0, 0.1) is 0 Å². The van der Waals surface area contributed by atoms with Crippen molar-refractivity contribution in [1.82, 2.24) is 10.2 Å². The Labute approximate surface area is 160 Å². The number of carbonyl (C=O) groups is 1. The maximum atomic E-state index is 12.3. The lowest BCUT2D eigenvalue weighted by Crippen LogP contribution is -2.51. The van der Waals surface area contributed by atoms with E-state index >= 15 is 0 Å². The van der Waals surface area contributed by atoms with Crippen molar-refractivity contribution in [3.8, 4) is 0 Å². The van der Waals surface area contributed by atoms with E-state index < -0.39 is 0 Å². The molecule has 0 spiro atoms. The van der Waals surface area contributed by atoms with Gasteiger partial charge in [0.2, 0.25) is 5.91 Å². The molecule has 0 unspecified atom stereocenters. The molecular formula is C22H28N2OS. The molecule has 1 saturated heterocycles. The van der Waals surface area contributed by atoms with Crippen molar-refractivity contribution in [3.05, 3.63) is 57.8 Å². The predicted molar refractivity (Wildman–Crippen MR) is 108 cm³/mol. The minimum Gasteiger partial charge on any atom is -0.352 e. The van der Waals surface area contributed by atoms with E-state index in [4.69, 9.17) is 0 Å². The minimum atomic E-state index is 0.225. The van der Waals surface area contributed by atoms with Gasteiger partial charge in [-0.25, -0.2) is 0 Å². The molecule has 0 saturated carbocycles. The molecule has 4 rings (SSSR count). The van der Waals surface area contributed by atoms with Crippen LogP contribution in [-0.4, -0.2) is 36.0 Å². The quantitative estimate of drug-likeness (QED) is 0.841. The van der Waals surface area contributed by atoms with Crippen LogP contribution in [0.5, 0.6) is 0 Å². The summed E-state index contributed by atoms with van der Waals surface area (Å²) in [4.78, 5) is 16.3. The first-order chi connectivity index (χ1) is 12.8. The Kier molecular flexibility index (Phi) is 5.71. The van der Waals surface area contributed by atoms with E-state index in [0.717, 1.165) is 38.6 Å². The number of likely N-dealkylation sites (tertiary alicyclic amines) is 1. The molecular weight excluding hydrogens is 340 g/mol. The lowest BCUT2D eigenvalue weighted by molar-refractivity contribution is -0.122. The van der Waals surface area contributed by atoms with Gasteiger partial charge >= 0.3 is 0 Å². The third-order valence-electron chi connectivity index (χ3n) is 5.77. The zero-order valence-corrected chi connectivity index (χ0v) is 16.1. The summed E-state index contributed by atoms with van der Waals surface area (Å²) in [5.74, 6) is 0.225. The summed E-state index contributed by atoms with van der Waals surface area (Å²) in [5, 5.41) is 5.40. The number of thiophene rings is 1. The number of rotatable bonds is 6. The highest BCUT2D eigenvalue weighted by molar-refractivity contribution is 7.09. The molecule has 4 heteroatoms. The fourth-order valence-electron chi connectivity index (χ4n) is 4.43. The van der Waals surface area contributed by atoms with Crippen LogP contribution in [0.1, 0.15) is 41.7 Å². The summed E-state index contributed by atoms with van der Waals surface area (Å²) in [6.45, 7) is 2.18. The summed E-state index contributed by atoms with van der Waals surface area (Å²) in [7, 11) is 0. The number of amides is 1. The number of fused-ring (bicyclic) bond motifs is 1. The summed E-state index contributed by atoms with van der Waals surface area (Å²) in [6, 6.07) is 14.0. The van der Waals surface area contributed by atoms with Gasteiger partial charge in [-0.05, 0) is 67.6 Å². The second-order valence-corrected chi connectivity index (χ2v) is 8.70. The summed E-state index contributed by atoms with van der Waals surface area (Å²) in [5.41, 5.74) is 3.02. The Bertz CT molecular complexity index is 703. The molecule has 2 aromatic rings. The molecule has 2 aliphatic rings. The van der Waals surface area contributed by atoms with Gasteiger partial charge in [0.15, 0.2) is 0 Å². The number of nitrogens with one attached hydrogen (secondary N) is 1. The lowest BCUT2D eigenvalue weighted by Gasteiger charge is -2.37. The average molecular weight is 369 g/mol. The third kappa shape index (κ3) is 4.36. The van der Waals surface area contributed by atoms with E-state index in [1.165, 1.54) is 29.0 Å². The molecule has 1 aromatic carbocycles. The van der Waals surface area contributed by atoms with Crippen molar-refractivity contribution < 1.29 is 4.79 Å². The highest BCUT2D eigenvalue weighted by Crippen LogP contribution is 2.27. The second-order valence-electron chi connectivity index (χ2n) is 7.67. The fourth-order valence-corrected chi connectivity index (χ4v) is 5.18. The van der Waals surface area contributed by atoms with Gasteiger partial charge in [0, 0.05) is 29.9 Å². The van der Waals surface area contributed by atoms with Gasteiger partial charge in [-0.1, -0.05) is 30.3 Å². The van der Waals surface area contributed by atoms with E-state index in [1.54, 1.807) is 11.3 Å². The van der Waals surface area contributed by atoms with E-state index in [1.807, 2.05) is 0 Å². The first-order valence-corrected chi connectivity index (χ1v) is 10.8. The molecule has 1 atom stereocenters. The molecule has 0 bridgehead atoms. The normalized spacial score (nSPS) is 20.8. The maximum absolute atomic E-state index is 12.3. The zero-order chi connectivity index (χ0) is 17.8. The largest absolute Gasteiger partial charge is 0.352 e. The average Bonchev–Trinajstić information content (AvgIpc) is 3.31. The molecule has 1 fully saturated rings. The van der Waals surface area contributed by atoms with E-state index in [9.17, 15) is 4.79 Å². The molecule has 0 radical (unpaired) electrons. The Morgan fingerprint density at radius 2 is 1.96 bits per heavy atom. The first kappa shape index (κ1) is 17.7. The SMILES string of the molecule is O=C(CCCc1cccs1)N[C@@H]1CCCN(C2Cc3ccccc3C2)C1. The topological polar surface area (TPSA) is 32.3 Å². The summed E-state index contributed by atoms with van der Waals surface area (Å²) < 4.78 is 0. The van der Waals surface area contributed by atoms with Crippen molar-refractivity contribution >= 4 is 17.2 Å². The molecule has 3 nitrogen and oxygen atoms in total. The van der Waals surface area contributed by atoms with Crippen molar-refractivity contribution in [3.63, 3.8) is 0 Å². The van der Waals surface area contributed by atoms with Crippen LogP contribution in [0.2, 0.25) is 0 Å². The van der Waals surface area contributed by atoms with Gasteiger partial charge in [-0.3, -0.25) is 9.69 Å². The van der Waals surface area contributed by atoms with Crippen molar-refractivity contribution in [2.75, 3.05) is 13.1 Å². The number of nitrogens with zero attached hydrogens (tertiary/aromatic N) is 1. The van der Waals surface area contributed by atoms with Gasteiger partial charge in [0.25, 0.3) is 0 Å². The molecule has 1 N–H and O–H groups in total. The third-order valence-corrected chi connectivity index (χ3v) is 6.71. The Hall–Kier alpha value is -1.65. The summed E-state index contributed by atoms with van der Waals surface area (Å²) in [6.07, 6.45) is 7.24. The number of benzene rings is 1. The smallest absolute Gasteiger partial charge is 0.220 e. The van der Waals surface area contributed by atoms with Crippen LogP contribution in [0.4, 0.5) is 0 Å². The standard InChI is InChI=1S/C22H28N2OS/c25-22(11-3-9-21-10-5-13-26-21)23-19-8-4-12-24(16-19)20-14-17-6-1-2-7-18(17)15-20/h1-2,5-7,10,13,19-20H,3-4,8-9,11-12,14-16H2,(H,23,25)/t19-/m1/s1. The molecule has 2 heterocycles. The Morgan fingerprint density at radius 3 is 2.69 bits per heavy atom. The number of hydrogen-bond acceptors (Lipinski definition) is 3. The highest BCUT2D eigenvalue weighted by atomic mass is 32.1. The van der Waals surface area contributed by atoms with Crippen LogP contribution >= 0.6 is 11.3 Å². The fraction of sp³-hybridized carbons (Fsp3) is 0.500. The van der Waals surface area contributed by atoms with Crippen LogP contribution in [0.25, 0.3) is 0 Å². The monoisotopic (exact) mass is 368 g/mol. The summed E-state index contributed by atoms with van der Waals surface area (Å²) >= 11 is 1.78. The molecule has 1 aromatic heterocycles. The van der Waals surface area contributed by atoms with Gasteiger partial charge in [-0.2, -0.15) is 0 Å². The van der Waals surface area contributed by atoms with Gasteiger partial charge in [0.05, 0.1) is 0 Å². The Morgan fingerprint density at radius 1 is 1.15 bits per heavy atom. The van der Waals surface area contributed by atoms with E-state index in [-0.39, 0.29) is 5.91 Å². The Balaban J connectivity index is 1.23. The number of piperidine rings is 1. The van der Waals surface area contributed by atoms with Crippen LogP contribution in [0.3, 0.4) is 0 Å². The molecule has 138 valence electrons. The lowest BCUT2D eigenvalue weighted by atomic mass is 10.0. The first-order valence-electron chi connectivity index (χ1n) is 9.90. The molecule has 1 aliphatic carbocycles. The van der Waals surface area contributed by atoms with Gasteiger partial charge in [-0.15, -0.1) is 11.3 Å². The van der Waals surface area contributed by atoms with Crippen molar-refractivity contribution in [2.24, 2.45) is 0 Å². The number of hydrogen-bond donors (Lipinski definition) is 1. The maximum Gasteiger partial charge on any atom is 0.220 e. The van der Waals surface area contributed by atoms with Gasteiger partial charge in [0.1, 0.15) is 0 Å². The van der Waals surface area contributed by atoms with Crippen LogP contribution in [-0.2, 0) is 24.1 Å². The van der Waals surface area contributed by atoms with E-state index in [2.05, 4.69) is 52.0 Å². The number of carbonyl (C=O) groups excluding carboxylic acids is 1. The molecule has 1 aliphatic heterocycles. The zero-order valence-electron chi connectivity index (χ0n) is 15.3. The van der Waals surface area contributed by atoms with Gasteiger partial charge < -0.3 is 5.32 Å². The number of aryl methyl sites for hydroxylation is 1. The predicted octanol–water partition coefficient (Wildman–Crippen LogP) is 3.82. The van der Waals surface area contributed by atoms with Crippen LogP contribution < -0.4 is 5.32 Å². The van der Waals surface area contributed by atoms with E-state index in [0.29, 0.717) is 18.5 Å². The second kappa shape index (κ2) is 8.36. The highest BCUT2D eigenvalue weighted by Gasteiger charge is 2.30. The van der Waals surface area contributed by atoms with Crippen LogP contribution in [0.15, 0.2) is 41.8 Å². The minimum absolute atomic E-state index is 0.225. The molecule has 1 amide bonds. The molecule has 26 heavy (non-hydrogen) atoms. The van der Waals surface area contributed by atoms with Crippen molar-refractivity contribution in [1.29, 1.82) is 0 Å².